The Morgan fingerprint density at radius 2 is 2.26 bits per heavy atom. The molecule has 0 aromatic carbocycles. The Bertz CT molecular complexity index is 610. The number of methoxy groups -OCH3 is 1. The maximum Gasteiger partial charge on any atom is 0.328 e. The molecule has 3 heterocycles. The lowest BCUT2D eigenvalue weighted by Crippen LogP contribution is -2.33. The quantitative estimate of drug-likeness (QED) is 0.883. The van der Waals surface area contributed by atoms with E-state index < -0.39 is 0 Å². The number of anilines is 2. The minimum Gasteiger partial charge on any atom is -0.480 e. The zero-order valence-electron chi connectivity index (χ0n) is 10.4. The van der Waals surface area contributed by atoms with Gasteiger partial charge in [0.1, 0.15) is 5.69 Å². The molecule has 0 unspecified atom stereocenters. The molecule has 0 fully saturated rings. The van der Waals surface area contributed by atoms with Crippen molar-refractivity contribution in [3.8, 4) is 5.88 Å². The summed E-state index contributed by atoms with van der Waals surface area (Å²) in [5.74, 6) is 1.04. The molecule has 3 rings (SSSR count). The van der Waals surface area contributed by atoms with Gasteiger partial charge in [-0.1, -0.05) is 0 Å². The molecule has 19 heavy (non-hydrogen) atoms. The van der Waals surface area contributed by atoms with E-state index in [2.05, 4.69) is 15.3 Å². The van der Waals surface area contributed by atoms with Gasteiger partial charge in [-0.3, -0.25) is 4.90 Å². The normalized spacial score (nSPS) is 13.2. The van der Waals surface area contributed by atoms with Gasteiger partial charge < -0.3 is 14.6 Å². The van der Waals surface area contributed by atoms with E-state index in [0.717, 1.165) is 6.54 Å². The van der Waals surface area contributed by atoms with Crippen molar-refractivity contribution in [2.45, 2.75) is 6.54 Å². The number of carbonyl (C=O) groups is 1. The third-order valence-corrected chi connectivity index (χ3v) is 2.95. The minimum atomic E-state index is -0.240. The number of imidazole rings is 1. The van der Waals surface area contributed by atoms with Crippen LogP contribution in [-0.2, 0) is 6.54 Å². The largest absolute Gasteiger partial charge is 0.480 e. The molecule has 7 nitrogen and oxygen atoms in total. The van der Waals surface area contributed by atoms with Gasteiger partial charge in [0, 0.05) is 31.7 Å². The third-order valence-electron chi connectivity index (χ3n) is 2.95. The highest BCUT2D eigenvalue weighted by atomic mass is 16.5. The van der Waals surface area contributed by atoms with E-state index >= 15 is 0 Å². The lowest BCUT2D eigenvalue weighted by Gasteiger charge is -2.15. The van der Waals surface area contributed by atoms with Crippen molar-refractivity contribution in [3.63, 3.8) is 0 Å². The number of amides is 2. The molecule has 1 aliphatic rings. The van der Waals surface area contributed by atoms with E-state index in [9.17, 15) is 4.79 Å². The molecule has 2 amide bonds. The fourth-order valence-corrected chi connectivity index (χ4v) is 2.05. The first kappa shape index (κ1) is 11.5. The number of fused-ring (bicyclic) bond motifs is 1. The fraction of sp³-hybridized carbons (Fsp3) is 0.250. The molecule has 1 aliphatic heterocycles. The van der Waals surface area contributed by atoms with Crippen molar-refractivity contribution in [2.24, 2.45) is 0 Å². The molecule has 0 saturated carbocycles. The second-order valence-electron chi connectivity index (χ2n) is 4.06. The summed E-state index contributed by atoms with van der Waals surface area (Å²) < 4.78 is 7.03. The van der Waals surface area contributed by atoms with E-state index in [4.69, 9.17) is 4.74 Å². The lowest BCUT2D eigenvalue weighted by molar-refractivity contribution is 0.257. The Balaban J connectivity index is 1.79. The third kappa shape index (κ3) is 1.99. The Hall–Kier alpha value is -2.57. The zero-order chi connectivity index (χ0) is 13.2. The summed E-state index contributed by atoms with van der Waals surface area (Å²) in [6.45, 7) is 1.37. The lowest BCUT2D eigenvalue weighted by atomic mass is 10.4. The summed E-state index contributed by atoms with van der Waals surface area (Å²) in [6.07, 6.45) is 5.14. The highest BCUT2D eigenvalue weighted by molar-refractivity contribution is 6.01. The van der Waals surface area contributed by atoms with E-state index in [-0.39, 0.29) is 6.03 Å². The van der Waals surface area contributed by atoms with Crippen molar-refractivity contribution in [2.75, 3.05) is 23.9 Å². The smallest absolute Gasteiger partial charge is 0.328 e. The van der Waals surface area contributed by atoms with Crippen LogP contribution < -0.4 is 15.0 Å². The molecule has 0 spiro atoms. The SMILES string of the molecule is COc1ncccc1NC(=O)N1CCn2ccnc21. The number of rotatable bonds is 2. The fourth-order valence-electron chi connectivity index (χ4n) is 2.05. The molecular weight excluding hydrogens is 246 g/mol. The van der Waals surface area contributed by atoms with Crippen LogP contribution in [0.3, 0.4) is 0 Å². The van der Waals surface area contributed by atoms with Crippen LogP contribution in [0.15, 0.2) is 30.7 Å². The number of hydrogen-bond acceptors (Lipinski definition) is 4. The maximum absolute atomic E-state index is 12.2. The average molecular weight is 259 g/mol. The number of carbonyl (C=O) groups excluding carboxylic acids is 1. The molecular formula is C12H13N5O2. The first-order valence-electron chi connectivity index (χ1n) is 5.88. The van der Waals surface area contributed by atoms with Crippen LogP contribution in [0, 0.1) is 0 Å². The van der Waals surface area contributed by atoms with Gasteiger partial charge in [0.25, 0.3) is 0 Å². The van der Waals surface area contributed by atoms with E-state index in [1.165, 1.54) is 7.11 Å². The molecule has 0 radical (unpaired) electrons. The van der Waals surface area contributed by atoms with Gasteiger partial charge in [-0.2, -0.15) is 0 Å². The van der Waals surface area contributed by atoms with Crippen LogP contribution in [0.25, 0.3) is 0 Å². The second-order valence-corrected chi connectivity index (χ2v) is 4.06. The van der Waals surface area contributed by atoms with Crippen LogP contribution in [0.5, 0.6) is 5.88 Å². The summed E-state index contributed by atoms with van der Waals surface area (Å²) in [7, 11) is 1.51. The average Bonchev–Trinajstić information content (AvgIpc) is 3.01. The number of urea groups is 1. The maximum atomic E-state index is 12.2. The first-order chi connectivity index (χ1) is 9.29. The van der Waals surface area contributed by atoms with Crippen molar-refractivity contribution in [1.82, 2.24) is 14.5 Å². The Labute approximate surface area is 109 Å². The Morgan fingerprint density at radius 1 is 1.37 bits per heavy atom. The van der Waals surface area contributed by atoms with E-state index in [1.54, 1.807) is 29.4 Å². The van der Waals surface area contributed by atoms with Crippen LogP contribution in [0.1, 0.15) is 0 Å². The van der Waals surface area contributed by atoms with Crippen molar-refractivity contribution >= 4 is 17.7 Å². The van der Waals surface area contributed by atoms with Crippen molar-refractivity contribution < 1.29 is 9.53 Å². The van der Waals surface area contributed by atoms with Gasteiger partial charge in [-0.25, -0.2) is 14.8 Å². The molecule has 98 valence electrons. The molecule has 0 aliphatic carbocycles. The number of aromatic nitrogens is 3. The van der Waals surface area contributed by atoms with E-state index in [1.807, 2.05) is 10.8 Å². The molecule has 0 bridgehead atoms. The predicted molar refractivity (Wildman–Crippen MR) is 69.4 cm³/mol. The predicted octanol–water partition coefficient (Wildman–Crippen LogP) is 1.34. The molecule has 0 atom stereocenters. The Morgan fingerprint density at radius 3 is 3.11 bits per heavy atom. The summed E-state index contributed by atoms with van der Waals surface area (Å²) in [5, 5.41) is 2.78. The molecule has 2 aromatic rings. The second kappa shape index (κ2) is 4.60. The molecule has 1 N–H and O–H groups in total. The first-order valence-corrected chi connectivity index (χ1v) is 5.88. The summed E-state index contributed by atoms with van der Waals surface area (Å²) >= 11 is 0. The van der Waals surface area contributed by atoms with E-state index in [0.29, 0.717) is 24.1 Å². The summed E-state index contributed by atoms with van der Waals surface area (Å²) in [6, 6.07) is 3.24. The number of pyridine rings is 1. The zero-order valence-corrected chi connectivity index (χ0v) is 10.4. The number of hydrogen-bond donors (Lipinski definition) is 1. The standard InChI is InChI=1S/C12H13N5O2/c1-19-10-9(3-2-4-13-10)15-12(18)17-8-7-16-6-5-14-11(16)17/h2-6H,7-8H2,1H3,(H,15,18). The Kier molecular flexibility index (Phi) is 2.79. The van der Waals surface area contributed by atoms with Crippen LogP contribution >= 0.6 is 0 Å². The molecule has 7 heteroatoms. The van der Waals surface area contributed by atoms with Gasteiger partial charge in [-0.15, -0.1) is 0 Å². The topological polar surface area (TPSA) is 72.3 Å². The molecule has 2 aromatic heterocycles. The van der Waals surface area contributed by atoms with Crippen LogP contribution in [-0.4, -0.2) is 34.2 Å². The van der Waals surface area contributed by atoms with Crippen LogP contribution in [0.4, 0.5) is 16.4 Å². The summed E-state index contributed by atoms with van der Waals surface area (Å²) in [4.78, 5) is 22.0. The number of nitrogens with one attached hydrogen (secondary N) is 1. The van der Waals surface area contributed by atoms with Gasteiger partial charge in [0.05, 0.1) is 7.11 Å². The van der Waals surface area contributed by atoms with Crippen LogP contribution in [0.2, 0.25) is 0 Å². The molecule has 0 saturated heterocycles. The van der Waals surface area contributed by atoms with Gasteiger partial charge >= 0.3 is 6.03 Å². The highest BCUT2D eigenvalue weighted by Gasteiger charge is 2.26. The van der Waals surface area contributed by atoms with Gasteiger partial charge in [0.2, 0.25) is 11.8 Å². The van der Waals surface area contributed by atoms with Crippen molar-refractivity contribution in [1.29, 1.82) is 0 Å². The monoisotopic (exact) mass is 259 g/mol. The van der Waals surface area contributed by atoms with Gasteiger partial charge in [-0.05, 0) is 12.1 Å². The summed E-state index contributed by atoms with van der Waals surface area (Å²) in [5.41, 5.74) is 0.542. The minimum absolute atomic E-state index is 0.240. The number of nitrogens with zero attached hydrogens (tertiary/aromatic N) is 4. The highest BCUT2D eigenvalue weighted by Crippen LogP contribution is 2.23. The number of ether oxygens (including phenoxy) is 1. The van der Waals surface area contributed by atoms with Crippen molar-refractivity contribution in [3.05, 3.63) is 30.7 Å². The van der Waals surface area contributed by atoms with Gasteiger partial charge in [0.15, 0.2) is 0 Å².